The minimum atomic E-state index is -0.656. The molecule has 98 valence electrons. The summed E-state index contributed by atoms with van der Waals surface area (Å²) in [5, 5.41) is 5.84. The Balaban J connectivity index is 3.31. The third-order valence-electron chi connectivity index (χ3n) is 2.08. The van der Waals surface area contributed by atoms with E-state index in [1.54, 1.807) is 6.92 Å². The van der Waals surface area contributed by atoms with E-state index in [0.717, 1.165) is 0 Å². The molecule has 0 fully saturated rings. The molecule has 0 saturated carbocycles. The van der Waals surface area contributed by atoms with Crippen LogP contribution < -0.4 is 9.68 Å². The lowest BCUT2D eigenvalue weighted by molar-refractivity contribution is 0.0599. The predicted molar refractivity (Wildman–Crippen MR) is 62.1 cm³/mol. The van der Waals surface area contributed by atoms with Gasteiger partial charge in [0.2, 0.25) is 0 Å². The maximum absolute atomic E-state index is 11.4. The van der Waals surface area contributed by atoms with E-state index in [2.05, 4.69) is 25.1 Å². The molecule has 0 atom stereocenters. The molecule has 0 aliphatic rings. The van der Waals surface area contributed by atoms with Gasteiger partial charge in [0.05, 0.1) is 12.7 Å². The van der Waals surface area contributed by atoms with Gasteiger partial charge in [-0.05, 0) is 30.1 Å². The van der Waals surface area contributed by atoms with Gasteiger partial charge in [-0.15, -0.1) is 0 Å². The lowest BCUT2D eigenvalue weighted by atomic mass is 10.1. The van der Waals surface area contributed by atoms with Crippen molar-refractivity contribution in [3.63, 3.8) is 0 Å². The highest BCUT2D eigenvalue weighted by Crippen LogP contribution is 2.30. The van der Waals surface area contributed by atoms with Crippen LogP contribution >= 0.6 is 0 Å². The van der Waals surface area contributed by atoms with Crippen molar-refractivity contribution in [2.24, 2.45) is 10.6 Å². The smallest absolute Gasteiger partial charge is 0.338 e. The summed E-state index contributed by atoms with van der Waals surface area (Å²) in [6.45, 7) is 1.56. The Labute approximate surface area is 106 Å². The van der Waals surface area contributed by atoms with Crippen LogP contribution in [0.5, 0.6) is 11.5 Å². The van der Waals surface area contributed by atoms with Crippen molar-refractivity contribution in [2.75, 3.05) is 7.11 Å². The number of azide groups is 2. The van der Waals surface area contributed by atoms with Crippen molar-refractivity contribution < 1.29 is 19.2 Å². The molecule has 0 bridgehead atoms. The standard InChI is InChI=1S/C9H8N6O4/c1-5-7(18-14-12-10)3-6(9(16)17-2)4-8(5)19-15-13-11/h3-4H,1-2H3. The molecule has 10 heteroatoms. The van der Waals surface area contributed by atoms with Gasteiger partial charge in [0, 0.05) is 15.4 Å². The lowest BCUT2D eigenvalue weighted by Gasteiger charge is -2.09. The Kier molecular flexibility index (Phi) is 4.85. The molecule has 0 amide bonds. The van der Waals surface area contributed by atoms with Crippen LogP contribution in [-0.2, 0) is 4.74 Å². The van der Waals surface area contributed by atoms with Crippen LogP contribution in [0.15, 0.2) is 22.7 Å². The minimum Gasteiger partial charge on any atom is -0.465 e. The molecular formula is C9H8N6O4. The van der Waals surface area contributed by atoms with Crippen molar-refractivity contribution >= 4 is 5.97 Å². The van der Waals surface area contributed by atoms with E-state index in [1.165, 1.54) is 19.2 Å². The molecule has 0 N–H and O–H groups in total. The molecule has 10 nitrogen and oxygen atoms in total. The molecule has 0 heterocycles. The fourth-order valence-electron chi connectivity index (χ4n) is 1.21. The summed E-state index contributed by atoms with van der Waals surface area (Å²) in [5.74, 6) is -0.510. The topological polar surface area (TPSA) is 142 Å². The third kappa shape index (κ3) is 3.43. The van der Waals surface area contributed by atoms with E-state index in [4.69, 9.17) is 20.7 Å². The highest BCUT2D eigenvalue weighted by atomic mass is 16.7. The van der Waals surface area contributed by atoms with Crippen LogP contribution in [0.1, 0.15) is 15.9 Å². The summed E-state index contributed by atoms with van der Waals surface area (Å²) in [4.78, 5) is 25.7. The number of nitrogens with zero attached hydrogens (tertiary/aromatic N) is 6. The number of rotatable bonds is 5. The number of carbonyl (C=O) groups excluding carboxylic acids is 1. The second-order valence-corrected chi connectivity index (χ2v) is 3.11. The largest absolute Gasteiger partial charge is 0.465 e. The first-order chi connectivity index (χ1) is 9.13. The van der Waals surface area contributed by atoms with Crippen LogP contribution in [-0.4, -0.2) is 13.1 Å². The monoisotopic (exact) mass is 264 g/mol. The molecule has 1 aromatic carbocycles. The fourth-order valence-corrected chi connectivity index (χ4v) is 1.21. The van der Waals surface area contributed by atoms with E-state index >= 15 is 0 Å². The van der Waals surface area contributed by atoms with Gasteiger partial charge in [-0.25, -0.2) is 4.79 Å². The maximum atomic E-state index is 11.4. The molecule has 0 unspecified atom stereocenters. The first-order valence-corrected chi connectivity index (χ1v) is 4.79. The van der Waals surface area contributed by atoms with E-state index in [0.29, 0.717) is 5.56 Å². The van der Waals surface area contributed by atoms with Gasteiger partial charge in [-0.1, -0.05) is 0 Å². The highest BCUT2D eigenvalue weighted by Gasteiger charge is 2.14. The molecular weight excluding hydrogens is 256 g/mol. The maximum Gasteiger partial charge on any atom is 0.338 e. The van der Waals surface area contributed by atoms with E-state index in [-0.39, 0.29) is 17.1 Å². The number of hydrogen-bond donors (Lipinski definition) is 0. The van der Waals surface area contributed by atoms with Gasteiger partial charge in [0.15, 0.2) is 0 Å². The zero-order chi connectivity index (χ0) is 14.3. The number of carbonyl (C=O) groups is 1. The number of esters is 1. The van der Waals surface area contributed by atoms with E-state index in [9.17, 15) is 4.79 Å². The highest BCUT2D eigenvalue weighted by molar-refractivity contribution is 5.90. The first-order valence-electron chi connectivity index (χ1n) is 4.79. The number of ether oxygens (including phenoxy) is 1. The van der Waals surface area contributed by atoms with Crippen LogP contribution in [0.3, 0.4) is 0 Å². The molecule has 0 aliphatic heterocycles. The van der Waals surface area contributed by atoms with Crippen LogP contribution in [0.4, 0.5) is 0 Å². The second-order valence-electron chi connectivity index (χ2n) is 3.11. The Hall–Kier alpha value is -3.09. The Morgan fingerprint density at radius 3 is 2.00 bits per heavy atom. The third-order valence-corrected chi connectivity index (χ3v) is 2.08. The summed E-state index contributed by atoms with van der Waals surface area (Å²) in [6, 6.07) is 2.61. The van der Waals surface area contributed by atoms with Gasteiger partial charge in [0.1, 0.15) is 22.1 Å². The predicted octanol–water partition coefficient (Wildman–Crippen LogP) is 2.99. The van der Waals surface area contributed by atoms with Crippen molar-refractivity contribution in [3.8, 4) is 11.5 Å². The summed E-state index contributed by atoms with van der Waals surface area (Å²) in [7, 11) is 1.20. The number of hydrogen-bond acceptors (Lipinski definition) is 6. The molecule has 1 rings (SSSR count). The van der Waals surface area contributed by atoms with E-state index in [1.807, 2.05) is 0 Å². The van der Waals surface area contributed by atoms with Gasteiger partial charge in [0.25, 0.3) is 0 Å². The summed E-state index contributed by atoms with van der Waals surface area (Å²) in [5.41, 5.74) is 16.9. The molecule has 19 heavy (non-hydrogen) atoms. The number of methoxy groups -OCH3 is 1. The normalized spacial score (nSPS) is 8.74. The molecule has 0 spiro atoms. The summed E-state index contributed by atoms with van der Waals surface area (Å²) in [6.07, 6.45) is 0. The SMILES string of the molecule is COC(=O)c1cc(ON=[N+]=[N-])c(C)c(ON=[N+]=[N-])c1. The first kappa shape index (κ1) is 14.0. The Morgan fingerprint density at radius 2 is 1.63 bits per heavy atom. The Morgan fingerprint density at radius 1 is 1.16 bits per heavy atom. The van der Waals surface area contributed by atoms with Crippen LogP contribution in [0.2, 0.25) is 0 Å². The minimum absolute atomic E-state index is 0.0730. The van der Waals surface area contributed by atoms with Crippen molar-refractivity contribution in [3.05, 3.63) is 44.1 Å². The molecule has 0 radical (unpaired) electrons. The summed E-state index contributed by atoms with van der Waals surface area (Å²) < 4.78 is 4.54. The van der Waals surface area contributed by atoms with Crippen LogP contribution in [0.25, 0.3) is 20.9 Å². The average Bonchev–Trinajstić information content (AvgIpc) is 2.44. The molecule has 0 aromatic heterocycles. The quantitative estimate of drug-likeness (QED) is 0.264. The average molecular weight is 264 g/mol. The van der Waals surface area contributed by atoms with Gasteiger partial charge in [-0.2, -0.15) is 0 Å². The zero-order valence-corrected chi connectivity index (χ0v) is 9.97. The molecule has 1 aromatic rings. The van der Waals surface area contributed by atoms with Gasteiger partial charge < -0.3 is 14.4 Å². The number of benzene rings is 1. The molecule has 0 aliphatic carbocycles. The van der Waals surface area contributed by atoms with Crippen molar-refractivity contribution in [2.45, 2.75) is 6.92 Å². The summed E-state index contributed by atoms with van der Waals surface area (Å²) >= 11 is 0. The van der Waals surface area contributed by atoms with Crippen molar-refractivity contribution in [1.29, 1.82) is 0 Å². The van der Waals surface area contributed by atoms with Crippen LogP contribution in [0, 0.1) is 6.92 Å². The van der Waals surface area contributed by atoms with Crippen molar-refractivity contribution in [1.82, 2.24) is 0 Å². The zero-order valence-electron chi connectivity index (χ0n) is 9.97. The molecule has 0 saturated heterocycles. The van der Waals surface area contributed by atoms with Gasteiger partial charge in [-0.3, -0.25) is 0 Å². The van der Waals surface area contributed by atoms with Gasteiger partial charge >= 0.3 is 5.97 Å². The van der Waals surface area contributed by atoms with E-state index < -0.39 is 5.97 Å². The Bertz CT molecular complexity index is 547. The second kappa shape index (κ2) is 6.60. The lowest BCUT2D eigenvalue weighted by Crippen LogP contribution is -2.03. The fraction of sp³-hybridized carbons (Fsp3) is 0.222.